The van der Waals surface area contributed by atoms with E-state index < -0.39 is 0 Å². The van der Waals surface area contributed by atoms with Gasteiger partial charge in [-0.05, 0) is 23.8 Å². The quantitative estimate of drug-likeness (QED) is 0.810. The van der Waals surface area contributed by atoms with Gasteiger partial charge >= 0.3 is 0 Å². The van der Waals surface area contributed by atoms with Gasteiger partial charge in [0.1, 0.15) is 5.75 Å². The van der Waals surface area contributed by atoms with Crippen LogP contribution in [0.1, 0.15) is 21.5 Å². The lowest BCUT2D eigenvalue weighted by Crippen LogP contribution is -2.08. The van der Waals surface area contributed by atoms with E-state index in [4.69, 9.17) is 4.74 Å². The number of carbonyl (C=O) groups excluding carboxylic acids is 1. The molecule has 0 spiro atoms. The molecule has 2 aromatic carbocycles. The Hall–Kier alpha value is -2.55. The number of rotatable bonds is 3. The fourth-order valence-electron chi connectivity index (χ4n) is 2.76. The molecule has 3 nitrogen and oxygen atoms in total. The summed E-state index contributed by atoms with van der Waals surface area (Å²) in [6.45, 7) is 0. The molecule has 3 heteroatoms. The second kappa shape index (κ2) is 5.68. The molecule has 0 saturated carbocycles. The Balaban J connectivity index is 1.98. The third-order valence-electron chi connectivity index (χ3n) is 4.00. The van der Waals surface area contributed by atoms with Crippen molar-refractivity contribution < 1.29 is 9.53 Å². The number of Topliss-reactive ketones (excluding diaryl/α,β-unsaturated/α-hetero) is 1. The van der Waals surface area contributed by atoms with E-state index in [0.717, 1.165) is 33.7 Å². The Morgan fingerprint density at radius 2 is 1.91 bits per heavy atom. The average Bonchev–Trinajstić information content (AvgIpc) is 2.84. The Morgan fingerprint density at radius 3 is 2.59 bits per heavy atom. The first kappa shape index (κ1) is 14.4. The van der Waals surface area contributed by atoms with Gasteiger partial charge < -0.3 is 9.64 Å². The molecule has 0 aromatic heterocycles. The summed E-state index contributed by atoms with van der Waals surface area (Å²) in [5, 5.41) is 0. The maximum atomic E-state index is 12.5. The summed E-state index contributed by atoms with van der Waals surface area (Å²) in [7, 11) is 5.64. The standard InChI is InChI=1S/C19H19NO2/c1-20(2)16-9-8-14(18(12-16)22-3)11-15-10-13-6-4-5-7-17(13)19(15)21/h4-9,11-12H,10H2,1-3H3. The first-order valence-electron chi connectivity index (χ1n) is 7.28. The zero-order valence-electron chi connectivity index (χ0n) is 13.1. The molecule has 0 radical (unpaired) electrons. The van der Waals surface area contributed by atoms with E-state index in [1.54, 1.807) is 7.11 Å². The van der Waals surface area contributed by atoms with E-state index in [0.29, 0.717) is 6.42 Å². The second-order valence-corrected chi connectivity index (χ2v) is 5.65. The highest BCUT2D eigenvalue weighted by atomic mass is 16.5. The first-order chi connectivity index (χ1) is 10.6. The van der Waals surface area contributed by atoms with Gasteiger partial charge in [-0.15, -0.1) is 0 Å². The maximum Gasteiger partial charge on any atom is 0.189 e. The SMILES string of the molecule is COc1cc(N(C)C)ccc1C=C1Cc2ccccc2C1=O. The molecule has 1 aliphatic carbocycles. The van der Waals surface area contributed by atoms with Crippen molar-refractivity contribution in [1.29, 1.82) is 0 Å². The number of allylic oxidation sites excluding steroid dienone is 1. The molecule has 0 aliphatic heterocycles. The van der Waals surface area contributed by atoms with Gasteiger partial charge in [-0.25, -0.2) is 0 Å². The molecule has 0 heterocycles. The number of nitrogens with zero attached hydrogens (tertiary/aromatic N) is 1. The van der Waals surface area contributed by atoms with Crippen molar-refractivity contribution in [3.05, 3.63) is 64.7 Å². The second-order valence-electron chi connectivity index (χ2n) is 5.65. The summed E-state index contributed by atoms with van der Waals surface area (Å²) in [4.78, 5) is 14.5. The molecule has 2 aromatic rings. The Kier molecular flexibility index (Phi) is 3.72. The number of hydrogen-bond acceptors (Lipinski definition) is 3. The van der Waals surface area contributed by atoms with Crippen LogP contribution < -0.4 is 9.64 Å². The molecular weight excluding hydrogens is 274 g/mol. The van der Waals surface area contributed by atoms with Crippen LogP contribution in [0, 0.1) is 0 Å². The van der Waals surface area contributed by atoms with Gasteiger partial charge in [0.2, 0.25) is 0 Å². The van der Waals surface area contributed by atoms with Crippen molar-refractivity contribution in [2.75, 3.05) is 26.1 Å². The highest BCUT2D eigenvalue weighted by Gasteiger charge is 2.24. The summed E-state index contributed by atoms with van der Waals surface area (Å²) in [5.74, 6) is 0.900. The summed E-state index contributed by atoms with van der Waals surface area (Å²) in [5.41, 5.74) is 4.74. The Bertz CT molecular complexity index is 760. The first-order valence-corrected chi connectivity index (χ1v) is 7.28. The molecule has 1 aliphatic rings. The Labute approximate surface area is 130 Å². The summed E-state index contributed by atoms with van der Waals surface area (Å²) in [6, 6.07) is 13.8. The van der Waals surface area contributed by atoms with Gasteiger partial charge in [0.05, 0.1) is 7.11 Å². The van der Waals surface area contributed by atoms with Gasteiger partial charge in [0.25, 0.3) is 0 Å². The molecule has 112 valence electrons. The number of ketones is 1. The number of fused-ring (bicyclic) bond motifs is 1. The van der Waals surface area contributed by atoms with Crippen LogP contribution in [0.5, 0.6) is 5.75 Å². The van der Waals surface area contributed by atoms with Gasteiger partial charge in [-0.1, -0.05) is 24.3 Å². The van der Waals surface area contributed by atoms with Crippen molar-refractivity contribution in [3.8, 4) is 5.75 Å². The molecule has 0 fully saturated rings. The summed E-state index contributed by atoms with van der Waals surface area (Å²) < 4.78 is 5.48. The number of methoxy groups -OCH3 is 1. The highest BCUT2D eigenvalue weighted by molar-refractivity contribution is 6.15. The fourth-order valence-corrected chi connectivity index (χ4v) is 2.76. The number of anilines is 1. The largest absolute Gasteiger partial charge is 0.496 e. The van der Waals surface area contributed by atoms with Crippen molar-refractivity contribution in [2.45, 2.75) is 6.42 Å². The summed E-state index contributed by atoms with van der Waals surface area (Å²) >= 11 is 0. The monoisotopic (exact) mass is 293 g/mol. The lowest BCUT2D eigenvalue weighted by Gasteiger charge is -2.15. The predicted octanol–water partition coefficient (Wildman–Crippen LogP) is 3.58. The highest BCUT2D eigenvalue weighted by Crippen LogP contribution is 2.31. The lowest BCUT2D eigenvalue weighted by atomic mass is 10.1. The molecule has 0 saturated heterocycles. The molecule has 22 heavy (non-hydrogen) atoms. The van der Waals surface area contributed by atoms with Gasteiger partial charge in [-0.2, -0.15) is 0 Å². The molecule has 3 rings (SSSR count). The van der Waals surface area contributed by atoms with E-state index in [-0.39, 0.29) is 5.78 Å². The van der Waals surface area contributed by atoms with Gasteiger partial charge in [0.15, 0.2) is 5.78 Å². The van der Waals surface area contributed by atoms with Gasteiger partial charge in [0, 0.05) is 49.0 Å². The van der Waals surface area contributed by atoms with Gasteiger partial charge in [-0.3, -0.25) is 4.79 Å². The fraction of sp³-hybridized carbons (Fsp3) is 0.211. The van der Waals surface area contributed by atoms with Crippen LogP contribution in [-0.4, -0.2) is 27.0 Å². The zero-order valence-corrected chi connectivity index (χ0v) is 13.1. The normalized spacial score (nSPS) is 15.0. The maximum absolute atomic E-state index is 12.5. The number of ether oxygens (including phenoxy) is 1. The zero-order chi connectivity index (χ0) is 15.7. The minimum absolute atomic E-state index is 0.120. The third-order valence-corrected chi connectivity index (χ3v) is 4.00. The van der Waals surface area contributed by atoms with Crippen LogP contribution in [0.4, 0.5) is 5.69 Å². The van der Waals surface area contributed by atoms with Crippen LogP contribution in [0.15, 0.2) is 48.0 Å². The van der Waals surface area contributed by atoms with Crippen molar-refractivity contribution >= 4 is 17.5 Å². The minimum Gasteiger partial charge on any atom is -0.496 e. The van der Waals surface area contributed by atoms with Crippen LogP contribution in [0.3, 0.4) is 0 Å². The number of benzene rings is 2. The van der Waals surface area contributed by atoms with E-state index in [2.05, 4.69) is 0 Å². The topological polar surface area (TPSA) is 29.5 Å². The predicted molar refractivity (Wildman–Crippen MR) is 89.8 cm³/mol. The van der Waals surface area contributed by atoms with Crippen molar-refractivity contribution in [3.63, 3.8) is 0 Å². The van der Waals surface area contributed by atoms with Crippen LogP contribution in [0.2, 0.25) is 0 Å². The smallest absolute Gasteiger partial charge is 0.189 e. The van der Waals surface area contributed by atoms with Crippen molar-refractivity contribution in [2.24, 2.45) is 0 Å². The lowest BCUT2D eigenvalue weighted by molar-refractivity contribution is 0.104. The van der Waals surface area contributed by atoms with Crippen LogP contribution in [-0.2, 0) is 6.42 Å². The molecular formula is C19H19NO2. The number of hydrogen-bond donors (Lipinski definition) is 0. The third kappa shape index (κ3) is 2.50. The molecule has 0 bridgehead atoms. The molecule has 0 amide bonds. The average molecular weight is 293 g/mol. The Morgan fingerprint density at radius 1 is 1.14 bits per heavy atom. The van der Waals surface area contributed by atoms with E-state index in [1.807, 2.05) is 67.5 Å². The van der Waals surface area contributed by atoms with E-state index in [9.17, 15) is 4.79 Å². The van der Waals surface area contributed by atoms with Crippen molar-refractivity contribution in [1.82, 2.24) is 0 Å². The minimum atomic E-state index is 0.120. The van der Waals surface area contributed by atoms with E-state index in [1.165, 1.54) is 0 Å². The number of carbonyl (C=O) groups is 1. The molecule has 0 N–H and O–H groups in total. The summed E-state index contributed by atoms with van der Waals surface area (Å²) in [6.07, 6.45) is 2.63. The van der Waals surface area contributed by atoms with E-state index >= 15 is 0 Å². The molecule has 0 atom stereocenters. The van der Waals surface area contributed by atoms with Crippen LogP contribution >= 0.6 is 0 Å². The molecule has 0 unspecified atom stereocenters. The van der Waals surface area contributed by atoms with Crippen LogP contribution in [0.25, 0.3) is 6.08 Å².